The Bertz CT molecular complexity index is 935. The van der Waals surface area contributed by atoms with Gasteiger partial charge in [0.2, 0.25) is 0 Å². The second kappa shape index (κ2) is 5.94. The number of hydrogen-bond acceptors (Lipinski definition) is 6. The Labute approximate surface area is 138 Å². The Morgan fingerprint density at radius 3 is 2.70 bits per heavy atom. The van der Waals surface area contributed by atoms with Crippen molar-refractivity contribution in [3.8, 4) is 0 Å². The molecular weight excluding hydrogens is 336 g/mol. The van der Waals surface area contributed by atoms with Crippen molar-refractivity contribution in [2.75, 3.05) is 5.32 Å². The topological polar surface area (TPSA) is 94.0 Å². The molecular formula is C14H14N4O3S2. The first-order chi connectivity index (χ1) is 11.0. The highest BCUT2D eigenvalue weighted by atomic mass is 32.2. The molecule has 0 spiro atoms. The third-order valence-corrected chi connectivity index (χ3v) is 5.19. The number of nitrogens with zero attached hydrogens (tertiary/aromatic N) is 3. The van der Waals surface area contributed by atoms with Crippen molar-refractivity contribution in [1.29, 1.82) is 0 Å². The smallest absolute Gasteiger partial charge is 0.283 e. The minimum atomic E-state index is -3.78. The molecule has 120 valence electrons. The second-order valence-corrected chi connectivity index (χ2v) is 7.26. The van der Waals surface area contributed by atoms with E-state index in [1.807, 2.05) is 6.92 Å². The summed E-state index contributed by atoms with van der Waals surface area (Å²) in [5.74, 6) is -0.418. The molecule has 3 aromatic rings. The van der Waals surface area contributed by atoms with Gasteiger partial charge in [-0.05, 0) is 19.1 Å². The first-order valence-electron chi connectivity index (χ1n) is 6.53. The predicted molar refractivity (Wildman–Crippen MR) is 88.2 cm³/mol. The normalized spacial score (nSPS) is 11.3. The molecule has 1 aromatic carbocycles. The molecule has 0 bridgehead atoms. The average Bonchev–Trinajstić information content (AvgIpc) is 3.19. The Morgan fingerprint density at radius 2 is 2.04 bits per heavy atom. The quantitative estimate of drug-likeness (QED) is 0.780. The zero-order chi connectivity index (χ0) is 16.4. The summed E-state index contributed by atoms with van der Waals surface area (Å²) in [6, 6.07) is 6.45. The average molecular weight is 350 g/mol. The summed E-state index contributed by atoms with van der Waals surface area (Å²) in [6.45, 7) is 1.87. The van der Waals surface area contributed by atoms with Crippen molar-refractivity contribution >= 4 is 33.0 Å². The SMILES string of the molecule is Cc1ccc(S(=O)(=O)n2cc(NC(=O)c3cscn3)cn2)cc1.[HH]. The van der Waals surface area contributed by atoms with E-state index < -0.39 is 15.9 Å². The van der Waals surface area contributed by atoms with Crippen LogP contribution in [-0.4, -0.2) is 28.5 Å². The predicted octanol–water partition coefficient (Wildman–Crippen LogP) is 2.38. The van der Waals surface area contributed by atoms with Crippen molar-refractivity contribution in [3.05, 3.63) is 58.8 Å². The Kier molecular flexibility index (Phi) is 3.97. The first-order valence-corrected chi connectivity index (χ1v) is 8.91. The molecule has 3 rings (SSSR count). The molecule has 9 heteroatoms. The Balaban J connectivity index is 0.00000208. The number of thiazole rings is 1. The van der Waals surface area contributed by atoms with E-state index in [1.165, 1.54) is 35.9 Å². The van der Waals surface area contributed by atoms with Crippen LogP contribution < -0.4 is 5.32 Å². The van der Waals surface area contributed by atoms with Crippen LogP contribution in [0.25, 0.3) is 0 Å². The van der Waals surface area contributed by atoms with Crippen LogP contribution in [0, 0.1) is 6.92 Å². The van der Waals surface area contributed by atoms with Crippen LogP contribution in [0.5, 0.6) is 0 Å². The van der Waals surface area contributed by atoms with Crippen LogP contribution in [0.15, 0.2) is 52.4 Å². The van der Waals surface area contributed by atoms with Gasteiger partial charge in [-0.15, -0.1) is 11.3 Å². The van der Waals surface area contributed by atoms with Gasteiger partial charge in [0.05, 0.1) is 28.5 Å². The molecule has 1 N–H and O–H groups in total. The highest BCUT2D eigenvalue weighted by Crippen LogP contribution is 2.16. The molecule has 0 aliphatic rings. The third-order valence-electron chi connectivity index (χ3n) is 3.05. The van der Waals surface area contributed by atoms with E-state index in [0.29, 0.717) is 0 Å². The van der Waals surface area contributed by atoms with Crippen molar-refractivity contribution in [3.63, 3.8) is 0 Å². The number of rotatable bonds is 4. The van der Waals surface area contributed by atoms with E-state index >= 15 is 0 Å². The number of carbonyl (C=O) groups excluding carboxylic acids is 1. The molecule has 0 radical (unpaired) electrons. The number of hydrogen-bond donors (Lipinski definition) is 1. The van der Waals surface area contributed by atoms with E-state index in [9.17, 15) is 13.2 Å². The third kappa shape index (κ3) is 3.15. The number of aromatic nitrogens is 3. The highest BCUT2D eigenvalue weighted by Gasteiger charge is 2.18. The molecule has 7 nitrogen and oxygen atoms in total. The van der Waals surface area contributed by atoms with Crippen LogP contribution in [-0.2, 0) is 10.0 Å². The van der Waals surface area contributed by atoms with Gasteiger partial charge in [0, 0.05) is 6.81 Å². The molecule has 0 aliphatic carbocycles. The zero-order valence-corrected chi connectivity index (χ0v) is 13.6. The van der Waals surface area contributed by atoms with Crippen LogP contribution in [0.4, 0.5) is 5.69 Å². The van der Waals surface area contributed by atoms with Crippen molar-refractivity contribution < 1.29 is 14.6 Å². The molecule has 0 saturated heterocycles. The molecule has 2 heterocycles. The van der Waals surface area contributed by atoms with Gasteiger partial charge in [0.15, 0.2) is 0 Å². The first kappa shape index (κ1) is 15.4. The zero-order valence-electron chi connectivity index (χ0n) is 12.0. The molecule has 0 fully saturated rings. The summed E-state index contributed by atoms with van der Waals surface area (Å²) >= 11 is 1.30. The van der Waals surface area contributed by atoms with E-state index in [1.54, 1.807) is 23.0 Å². The Hall–Kier alpha value is -2.52. The lowest BCUT2D eigenvalue weighted by molar-refractivity contribution is 0.102. The number of anilines is 1. The van der Waals surface area contributed by atoms with Crippen molar-refractivity contribution in [2.45, 2.75) is 11.8 Å². The van der Waals surface area contributed by atoms with Gasteiger partial charge >= 0.3 is 0 Å². The van der Waals surface area contributed by atoms with Gasteiger partial charge < -0.3 is 5.32 Å². The summed E-state index contributed by atoms with van der Waals surface area (Å²) in [5, 5.41) is 7.97. The van der Waals surface area contributed by atoms with Crippen LogP contribution in [0.3, 0.4) is 0 Å². The summed E-state index contributed by atoms with van der Waals surface area (Å²) in [5.41, 5.74) is 3.05. The van der Waals surface area contributed by atoms with Crippen molar-refractivity contribution in [1.82, 2.24) is 14.2 Å². The fourth-order valence-corrected chi connectivity index (χ4v) is 3.49. The number of benzene rings is 1. The number of carbonyl (C=O) groups is 1. The Morgan fingerprint density at radius 1 is 1.30 bits per heavy atom. The summed E-state index contributed by atoms with van der Waals surface area (Å²) < 4.78 is 25.7. The summed E-state index contributed by atoms with van der Waals surface area (Å²) in [4.78, 5) is 15.9. The van der Waals surface area contributed by atoms with Gasteiger partial charge in [0.25, 0.3) is 15.9 Å². The maximum absolute atomic E-state index is 12.4. The molecule has 0 aliphatic heterocycles. The fourth-order valence-electron chi connectivity index (χ4n) is 1.84. The van der Waals surface area contributed by atoms with Crippen LogP contribution in [0.1, 0.15) is 17.5 Å². The largest absolute Gasteiger partial charge is 0.318 e. The van der Waals surface area contributed by atoms with Crippen LogP contribution >= 0.6 is 11.3 Å². The summed E-state index contributed by atoms with van der Waals surface area (Å²) in [7, 11) is -3.78. The maximum atomic E-state index is 12.4. The molecule has 1 amide bonds. The standard InChI is InChI=1S/C14H12N4O3S2.H2/c1-10-2-4-12(5-3-10)23(20,21)18-7-11(6-16-18)17-14(19)13-8-22-9-15-13;/h2-9H,1H3,(H,17,19);1H. The molecule has 0 atom stereocenters. The molecule has 2 aromatic heterocycles. The lowest BCUT2D eigenvalue weighted by atomic mass is 10.2. The monoisotopic (exact) mass is 350 g/mol. The van der Waals surface area contributed by atoms with E-state index in [2.05, 4.69) is 15.4 Å². The number of nitrogens with one attached hydrogen (secondary N) is 1. The van der Waals surface area contributed by atoms with Gasteiger partial charge in [-0.25, -0.2) is 4.98 Å². The van der Waals surface area contributed by atoms with Gasteiger partial charge in [0.1, 0.15) is 5.69 Å². The number of aryl methyl sites for hydroxylation is 1. The van der Waals surface area contributed by atoms with Gasteiger partial charge in [-0.3, -0.25) is 4.79 Å². The van der Waals surface area contributed by atoms with E-state index in [0.717, 1.165) is 9.65 Å². The number of amides is 1. The van der Waals surface area contributed by atoms with Gasteiger partial charge in [-0.2, -0.15) is 17.6 Å². The molecule has 0 unspecified atom stereocenters. The minimum Gasteiger partial charge on any atom is -0.318 e. The van der Waals surface area contributed by atoms with Crippen molar-refractivity contribution in [2.24, 2.45) is 0 Å². The highest BCUT2D eigenvalue weighted by molar-refractivity contribution is 7.89. The molecule has 0 saturated carbocycles. The maximum Gasteiger partial charge on any atom is 0.283 e. The molecule has 23 heavy (non-hydrogen) atoms. The van der Waals surface area contributed by atoms with E-state index in [-0.39, 0.29) is 17.7 Å². The lowest BCUT2D eigenvalue weighted by Gasteiger charge is -2.04. The van der Waals surface area contributed by atoms with Crippen LogP contribution in [0.2, 0.25) is 0 Å². The van der Waals surface area contributed by atoms with E-state index in [4.69, 9.17) is 0 Å². The second-order valence-electron chi connectivity index (χ2n) is 4.75. The lowest BCUT2D eigenvalue weighted by Crippen LogP contribution is -2.14. The van der Waals surface area contributed by atoms with Gasteiger partial charge in [-0.1, -0.05) is 17.7 Å². The minimum absolute atomic E-state index is 0. The fraction of sp³-hybridized carbons (Fsp3) is 0.0714. The summed E-state index contributed by atoms with van der Waals surface area (Å²) in [6.07, 6.45) is 2.52.